The van der Waals surface area contributed by atoms with Gasteiger partial charge in [0.2, 0.25) is 0 Å². The van der Waals surface area contributed by atoms with Gasteiger partial charge in [-0.05, 0) is 49.3 Å². The number of pyridine rings is 2. The Bertz CT molecular complexity index is 615. The molecule has 130 valence electrons. The number of hydrogen-bond acceptors (Lipinski definition) is 4. The van der Waals surface area contributed by atoms with E-state index in [1.807, 2.05) is 43.3 Å². The van der Waals surface area contributed by atoms with E-state index in [1.54, 1.807) is 12.4 Å². The van der Waals surface area contributed by atoms with Crippen molar-refractivity contribution in [3.05, 3.63) is 60.2 Å². The molecule has 2 rings (SSSR count). The van der Waals surface area contributed by atoms with Gasteiger partial charge in [-0.1, -0.05) is 32.9 Å². The Morgan fingerprint density at radius 1 is 0.958 bits per heavy atom. The standard InChI is InChI=1S/C19H28N2O2Si/c1-15(23-24(5,6)18(2,3)4)19(22,16-11-7-9-13-20-16)17-12-8-10-14-21-17/h7-15,22H,1-6H3/t15-/m0/s1. The minimum absolute atomic E-state index is 0.0520. The molecule has 5 heteroatoms. The van der Waals surface area contributed by atoms with Gasteiger partial charge in [0.15, 0.2) is 13.9 Å². The van der Waals surface area contributed by atoms with Crippen LogP contribution >= 0.6 is 0 Å². The average molecular weight is 345 g/mol. The molecule has 1 N–H and O–H groups in total. The Hall–Kier alpha value is -1.56. The summed E-state index contributed by atoms with van der Waals surface area (Å²) in [6.07, 6.45) is 2.90. The molecule has 0 saturated heterocycles. The number of aromatic nitrogens is 2. The molecule has 0 saturated carbocycles. The molecule has 0 unspecified atom stereocenters. The highest BCUT2D eigenvalue weighted by atomic mass is 28.4. The van der Waals surface area contributed by atoms with Crippen LogP contribution in [0.15, 0.2) is 48.8 Å². The molecule has 0 aliphatic rings. The van der Waals surface area contributed by atoms with Crippen molar-refractivity contribution in [2.75, 3.05) is 0 Å². The van der Waals surface area contributed by atoms with Gasteiger partial charge in [0.25, 0.3) is 0 Å². The van der Waals surface area contributed by atoms with Crippen LogP contribution in [0, 0.1) is 0 Å². The Labute approximate surface area is 146 Å². The quantitative estimate of drug-likeness (QED) is 0.829. The minimum atomic E-state index is -2.06. The molecular formula is C19H28N2O2Si. The average Bonchev–Trinajstić information content (AvgIpc) is 2.54. The van der Waals surface area contributed by atoms with E-state index in [0.717, 1.165) is 0 Å². The van der Waals surface area contributed by atoms with Gasteiger partial charge in [0, 0.05) is 12.4 Å². The van der Waals surface area contributed by atoms with Crippen LogP contribution in [0.1, 0.15) is 39.1 Å². The highest BCUT2D eigenvalue weighted by Gasteiger charge is 2.46. The summed E-state index contributed by atoms with van der Waals surface area (Å²) >= 11 is 0. The summed E-state index contributed by atoms with van der Waals surface area (Å²) in [5, 5.41) is 11.7. The molecule has 2 heterocycles. The van der Waals surface area contributed by atoms with E-state index in [9.17, 15) is 5.11 Å². The van der Waals surface area contributed by atoms with Crippen LogP contribution in [0.2, 0.25) is 18.1 Å². The molecule has 0 amide bonds. The monoisotopic (exact) mass is 344 g/mol. The number of nitrogens with zero attached hydrogens (tertiary/aromatic N) is 2. The molecule has 4 nitrogen and oxygen atoms in total. The smallest absolute Gasteiger partial charge is 0.192 e. The van der Waals surface area contributed by atoms with E-state index in [2.05, 4.69) is 43.8 Å². The zero-order valence-corrected chi connectivity index (χ0v) is 16.4. The van der Waals surface area contributed by atoms with Gasteiger partial charge >= 0.3 is 0 Å². The fourth-order valence-corrected chi connectivity index (χ4v) is 3.84. The molecule has 2 aromatic heterocycles. The first-order valence-corrected chi connectivity index (χ1v) is 11.2. The highest BCUT2D eigenvalue weighted by Crippen LogP contribution is 2.41. The lowest BCUT2D eigenvalue weighted by Gasteiger charge is -2.43. The summed E-state index contributed by atoms with van der Waals surface area (Å²) in [5.41, 5.74) is -0.289. The zero-order chi connectivity index (χ0) is 18.0. The summed E-state index contributed by atoms with van der Waals surface area (Å²) in [7, 11) is -2.06. The van der Waals surface area contributed by atoms with Crippen molar-refractivity contribution < 1.29 is 9.53 Å². The molecule has 0 fully saturated rings. The largest absolute Gasteiger partial charge is 0.410 e. The maximum atomic E-state index is 11.6. The van der Waals surface area contributed by atoms with Gasteiger partial charge in [-0.15, -0.1) is 0 Å². The third-order valence-electron chi connectivity index (χ3n) is 4.98. The minimum Gasteiger partial charge on any atom is -0.410 e. The van der Waals surface area contributed by atoms with E-state index in [1.165, 1.54) is 0 Å². The second-order valence-electron chi connectivity index (χ2n) is 7.72. The van der Waals surface area contributed by atoms with Crippen LogP contribution in [0.3, 0.4) is 0 Å². The van der Waals surface area contributed by atoms with Crippen molar-refractivity contribution in [1.82, 2.24) is 9.97 Å². The van der Waals surface area contributed by atoms with E-state index < -0.39 is 20.0 Å². The van der Waals surface area contributed by atoms with Gasteiger partial charge in [-0.3, -0.25) is 9.97 Å². The van der Waals surface area contributed by atoms with Crippen molar-refractivity contribution in [3.63, 3.8) is 0 Å². The lowest BCUT2D eigenvalue weighted by molar-refractivity contribution is -0.0384. The van der Waals surface area contributed by atoms with E-state index in [-0.39, 0.29) is 5.04 Å². The first kappa shape index (κ1) is 18.8. The first-order valence-electron chi connectivity index (χ1n) is 8.32. The molecule has 0 spiro atoms. The third kappa shape index (κ3) is 3.58. The van der Waals surface area contributed by atoms with Crippen LogP contribution in [0.4, 0.5) is 0 Å². The zero-order valence-electron chi connectivity index (χ0n) is 15.4. The Balaban J connectivity index is 2.48. The van der Waals surface area contributed by atoms with E-state index in [0.29, 0.717) is 11.4 Å². The topological polar surface area (TPSA) is 55.2 Å². The van der Waals surface area contributed by atoms with Gasteiger partial charge < -0.3 is 9.53 Å². The van der Waals surface area contributed by atoms with Crippen LogP contribution in [0.25, 0.3) is 0 Å². The summed E-state index contributed by atoms with van der Waals surface area (Å²) in [6, 6.07) is 11.0. The van der Waals surface area contributed by atoms with E-state index in [4.69, 9.17) is 4.43 Å². The maximum absolute atomic E-state index is 11.6. The molecule has 24 heavy (non-hydrogen) atoms. The molecule has 0 aromatic carbocycles. The fraction of sp³-hybridized carbons (Fsp3) is 0.474. The highest BCUT2D eigenvalue weighted by molar-refractivity contribution is 6.74. The number of aliphatic hydroxyl groups is 1. The molecule has 1 atom stereocenters. The van der Waals surface area contributed by atoms with Crippen LogP contribution in [-0.2, 0) is 10.0 Å². The van der Waals surface area contributed by atoms with Gasteiger partial charge in [0.05, 0.1) is 17.5 Å². The van der Waals surface area contributed by atoms with Crippen molar-refractivity contribution >= 4 is 8.32 Å². The second-order valence-corrected chi connectivity index (χ2v) is 12.5. The fourth-order valence-electron chi connectivity index (χ4n) is 2.43. The normalized spacial score (nSPS) is 14.5. The Morgan fingerprint density at radius 2 is 1.42 bits per heavy atom. The maximum Gasteiger partial charge on any atom is 0.192 e. The van der Waals surface area contributed by atoms with E-state index >= 15 is 0 Å². The predicted molar refractivity (Wildman–Crippen MR) is 99.2 cm³/mol. The Kier molecular flexibility index (Phi) is 5.27. The van der Waals surface area contributed by atoms with Crippen LogP contribution < -0.4 is 0 Å². The summed E-state index contributed by atoms with van der Waals surface area (Å²) in [6.45, 7) is 12.8. The third-order valence-corrected chi connectivity index (χ3v) is 9.53. The van der Waals surface area contributed by atoms with Crippen molar-refractivity contribution in [2.45, 2.75) is 57.5 Å². The lowest BCUT2D eigenvalue weighted by atomic mass is 9.89. The summed E-state index contributed by atoms with van der Waals surface area (Å²) in [5.74, 6) is 0. The number of rotatable bonds is 5. The summed E-state index contributed by atoms with van der Waals surface area (Å²) < 4.78 is 6.49. The molecule has 2 aromatic rings. The Morgan fingerprint density at radius 3 is 1.75 bits per heavy atom. The molecule has 0 radical (unpaired) electrons. The van der Waals surface area contributed by atoms with Crippen LogP contribution in [0.5, 0.6) is 0 Å². The second kappa shape index (κ2) is 6.74. The van der Waals surface area contributed by atoms with Gasteiger partial charge in [-0.2, -0.15) is 0 Å². The van der Waals surface area contributed by atoms with Crippen LogP contribution in [-0.4, -0.2) is 29.5 Å². The van der Waals surface area contributed by atoms with Crippen molar-refractivity contribution in [2.24, 2.45) is 0 Å². The number of hydrogen-bond donors (Lipinski definition) is 1. The molecule has 0 bridgehead atoms. The van der Waals surface area contributed by atoms with Crippen molar-refractivity contribution in [3.8, 4) is 0 Å². The predicted octanol–water partition coefficient (Wildman–Crippen LogP) is 4.12. The molecular weight excluding hydrogens is 316 g/mol. The van der Waals surface area contributed by atoms with Gasteiger partial charge in [0.1, 0.15) is 0 Å². The SMILES string of the molecule is C[C@H](O[Si](C)(C)C(C)(C)C)C(O)(c1ccccn1)c1ccccn1. The molecule has 0 aliphatic carbocycles. The molecule has 0 aliphatic heterocycles. The summed E-state index contributed by atoms with van der Waals surface area (Å²) in [4.78, 5) is 8.77. The first-order chi connectivity index (χ1) is 11.1. The van der Waals surface area contributed by atoms with Gasteiger partial charge in [-0.25, -0.2) is 0 Å². The van der Waals surface area contributed by atoms with Crippen molar-refractivity contribution in [1.29, 1.82) is 0 Å². The lowest BCUT2D eigenvalue weighted by Crippen LogP contribution is -2.51.